The summed E-state index contributed by atoms with van der Waals surface area (Å²) >= 11 is 1.50. The first kappa shape index (κ1) is 22.8. The normalized spacial score (nSPS) is 11.0. The van der Waals surface area contributed by atoms with Crippen LogP contribution in [0.3, 0.4) is 0 Å². The second-order valence-electron chi connectivity index (χ2n) is 7.31. The number of nitrogens with one attached hydrogen (secondary N) is 1. The quantitative estimate of drug-likeness (QED) is 0.364. The van der Waals surface area contributed by atoms with E-state index in [-0.39, 0.29) is 11.7 Å². The molecule has 33 heavy (non-hydrogen) atoms. The van der Waals surface area contributed by atoms with Crippen LogP contribution in [0, 0.1) is 12.7 Å². The fourth-order valence-electron chi connectivity index (χ4n) is 3.37. The summed E-state index contributed by atoms with van der Waals surface area (Å²) in [4.78, 5) is 23.0. The molecule has 0 saturated heterocycles. The Morgan fingerprint density at radius 3 is 2.76 bits per heavy atom. The van der Waals surface area contributed by atoms with Gasteiger partial charge in [-0.1, -0.05) is 6.07 Å². The number of hydrogen-bond acceptors (Lipinski definition) is 6. The Hall–Kier alpha value is -3.43. The standard InChI is InChI=1S/C24H24FN5O2S/c1-3-32-12-5-11-26-23(31)19-15-28-30(22(19)20-6-4-13-33-20)24-27-14-16(2)21(29-24)17-7-9-18(25)10-8-17/h4,6-10,13-15H,3,5,11-12H2,1-2H3,(H,26,31). The second kappa shape index (κ2) is 10.5. The van der Waals surface area contributed by atoms with E-state index in [1.807, 2.05) is 31.4 Å². The molecule has 3 aromatic heterocycles. The van der Waals surface area contributed by atoms with Crippen molar-refractivity contribution in [1.29, 1.82) is 0 Å². The molecule has 1 amide bonds. The van der Waals surface area contributed by atoms with Gasteiger partial charge in [-0.3, -0.25) is 4.79 Å². The molecule has 0 bridgehead atoms. The average Bonchev–Trinajstić information content (AvgIpc) is 3.50. The minimum atomic E-state index is -0.311. The third-order valence-electron chi connectivity index (χ3n) is 4.99. The van der Waals surface area contributed by atoms with Crippen LogP contribution in [0.4, 0.5) is 4.39 Å². The van der Waals surface area contributed by atoms with E-state index in [0.717, 1.165) is 22.4 Å². The lowest BCUT2D eigenvalue weighted by atomic mass is 10.1. The fraction of sp³-hybridized carbons (Fsp3) is 0.250. The summed E-state index contributed by atoms with van der Waals surface area (Å²) in [6, 6.07) is 10.0. The SMILES string of the molecule is CCOCCCNC(=O)c1cnn(-c2ncc(C)c(-c3ccc(F)cc3)n2)c1-c1cccs1. The number of halogens is 1. The van der Waals surface area contributed by atoms with Gasteiger partial charge in [-0.15, -0.1) is 11.3 Å². The number of aromatic nitrogens is 4. The van der Waals surface area contributed by atoms with Crippen LogP contribution in [0.1, 0.15) is 29.3 Å². The van der Waals surface area contributed by atoms with Crippen LogP contribution in [0.15, 0.2) is 54.2 Å². The van der Waals surface area contributed by atoms with E-state index in [9.17, 15) is 9.18 Å². The molecule has 1 aromatic carbocycles. The molecule has 9 heteroatoms. The number of hydrogen-bond donors (Lipinski definition) is 1. The van der Waals surface area contributed by atoms with E-state index in [1.165, 1.54) is 29.7 Å². The predicted molar refractivity (Wildman–Crippen MR) is 126 cm³/mol. The van der Waals surface area contributed by atoms with Gasteiger partial charge < -0.3 is 10.1 Å². The van der Waals surface area contributed by atoms with Crippen molar-refractivity contribution >= 4 is 17.2 Å². The molecule has 3 heterocycles. The van der Waals surface area contributed by atoms with Crippen molar-refractivity contribution in [3.05, 3.63) is 71.1 Å². The Balaban J connectivity index is 1.69. The Labute approximate surface area is 195 Å². The van der Waals surface area contributed by atoms with Crippen LogP contribution in [-0.4, -0.2) is 45.4 Å². The maximum Gasteiger partial charge on any atom is 0.255 e. The third-order valence-corrected chi connectivity index (χ3v) is 5.87. The van der Waals surface area contributed by atoms with Gasteiger partial charge >= 0.3 is 0 Å². The van der Waals surface area contributed by atoms with Crippen LogP contribution >= 0.6 is 11.3 Å². The molecule has 4 rings (SSSR count). The summed E-state index contributed by atoms with van der Waals surface area (Å²) < 4.78 is 20.3. The van der Waals surface area contributed by atoms with Gasteiger partial charge in [0.15, 0.2) is 0 Å². The summed E-state index contributed by atoms with van der Waals surface area (Å²) in [5, 5.41) is 9.33. The van der Waals surface area contributed by atoms with Gasteiger partial charge in [-0.25, -0.2) is 14.4 Å². The molecule has 0 aliphatic heterocycles. The topological polar surface area (TPSA) is 81.9 Å². The fourth-order valence-corrected chi connectivity index (χ4v) is 4.14. The summed E-state index contributed by atoms with van der Waals surface area (Å²) in [5.74, 6) is -0.194. The van der Waals surface area contributed by atoms with Crippen LogP contribution in [0.25, 0.3) is 27.8 Å². The first-order valence-corrected chi connectivity index (χ1v) is 11.5. The zero-order valence-electron chi connectivity index (χ0n) is 18.4. The molecule has 0 fully saturated rings. The molecule has 0 atom stereocenters. The van der Waals surface area contributed by atoms with Gasteiger partial charge in [-0.2, -0.15) is 9.78 Å². The molecule has 0 aliphatic carbocycles. The Bertz CT molecular complexity index is 1220. The molecule has 7 nitrogen and oxygen atoms in total. The third kappa shape index (κ3) is 5.15. The van der Waals surface area contributed by atoms with E-state index in [1.54, 1.807) is 23.0 Å². The molecule has 170 valence electrons. The number of nitrogens with zero attached hydrogens (tertiary/aromatic N) is 4. The Morgan fingerprint density at radius 2 is 2.03 bits per heavy atom. The minimum Gasteiger partial charge on any atom is -0.382 e. The zero-order valence-corrected chi connectivity index (χ0v) is 19.2. The lowest BCUT2D eigenvalue weighted by Crippen LogP contribution is -2.25. The van der Waals surface area contributed by atoms with E-state index in [0.29, 0.717) is 42.7 Å². The highest BCUT2D eigenvalue weighted by Gasteiger charge is 2.22. The molecular weight excluding hydrogens is 441 g/mol. The smallest absolute Gasteiger partial charge is 0.255 e. The summed E-state index contributed by atoms with van der Waals surface area (Å²) in [6.07, 6.45) is 3.96. The largest absolute Gasteiger partial charge is 0.382 e. The molecule has 4 aromatic rings. The van der Waals surface area contributed by atoms with Crippen molar-refractivity contribution in [2.24, 2.45) is 0 Å². The van der Waals surface area contributed by atoms with Crippen LogP contribution in [0.2, 0.25) is 0 Å². The van der Waals surface area contributed by atoms with E-state index < -0.39 is 0 Å². The monoisotopic (exact) mass is 465 g/mol. The molecule has 0 radical (unpaired) electrons. The Kier molecular flexibility index (Phi) is 7.21. The van der Waals surface area contributed by atoms with E-state index in [2.05, 4.69) is 15.4 Å². The highest BCUT2D eigenvalue weighted by Crippen LogP contribution is 2.30. The van der Waals surface area contributed by atoms with Gasteiger partial charge in [0, 0.05) is 31.5 Å². The van der Waals surface area contributed by atoms with Crippen molar-refractivity contribution in [1.82, 2.24) is 25.1 Å². The number of benzene rings is 1. The maximum absolute atomic E-state index is 13.4. The van der Waals surface area contributed by atoms with Crippen molar-refractivity contribution < 1.29 is 13.9 Å². The van der Waals surface area contributed by atoms with Crippen LogP contribution in [-0.2, 0) is 4.74 Å². The van der Waals surface area contributed by atoms with E-state index in [4.69, 9.17) is 9.72 Å². The minimum absolute atomic E-state index is 0.216. The number of amides is 1. The summed E-state index contributed by atoms with van der Waals surface area (Å²) in [7, 11) is 0. The number of aryl methyl sites for hydroxylation is 1. The highest BCUT2D eigenvalue weighted by molar-refractivity contribution is 7.13. The van der Waals surface area contributed by atoms with Crippen molar-refractivity contribution in [3.8, 4) is 27.8 Å². The lowest BCUT2D eigenvalue weighted by Gasteiger charge is -2.10. The molecule has 0 spiro atoms. The van der Waals surface area contributed by atoms with Gasteiger partial charge in [-0.05, 0) is 61.5 Å². The second-order valence-corrected chi connectivity index (χ2v) is 8.26. The van der Waals surface area contributed by atoms with Gasteiger partial charge in [0.05, 0.1) is 22.3 Å². The predicted octanol–water partition coefficient (Wildman–Crippen LogP) is 4.66. The van der Waals surface area contributed by atoms with E-state index >= 15 is 0 Å². The summed E-state index contributed by atoms with van der Waals surface area (Å²) in [6.45, 7) is 5.59. The highest BCUT2D eigenvalue weighted by atomic mass is 32.1. The molecular formula is C24H24FN5O2S. The van der Waals surface area contributed by atoms with Crippen LogP contribution < -0.4 is 5.32 Å². The maximum atomic E-state index is 13.4. The number of carbonyl (C=O) groups excluding carboxylic acids is 1. The molecule has 0 unspecified atom stereocenters. The number of ether oxygens (including phenoxy) is 1. The lowest BCUT2D eigenvalue weighted by molar-refractivity contribution is 0.0945. The zero-order chi connectivity index (χ0) is 23.2. The first-order chi connectivity index (χ1) is 16.1. The van der Waals surface area contributed by atoms with Gasteiger partial charge in [0.1, 0.15) is 11.5 Å². The van der Waals surface area contributed by atoms with Gasteiger partial charge in [0.25, 0.3) is 11.9 Å². The first-order valence-electron chi connectivity index (χ1n) is 10.7. The van der Waals surface area contributed by atoms with Crippen molar-refractivity contribution in [3.63, 3.8) is 0 Å². The molecule has 1 N–H and O–H groups in total. The molecule has 0 saturated carbocycles. The number of rotatable bonds is 9. The average molecular weight is 466 g/mol. The van der Waals surface area contributed by atoms with Crippen LogP contribution in [0.5, 0.6) is 0 Å². The Morgan fingerprint density at radius 1 is 1.21 bits per heavy atom. The number of thiophene rings is 1. The number of carbonyl (C=O) groups is 1. The van der Waals surface area contributed by atoms with Crippen molar-refractivity contribution in [2.45, 2.75) is 20.3 Å². The van der Waals surface area contributed by atoms with Crippen molar-refractivity contribution in [2.75, 3.05) is 19.8 Å². The molecule has 0 aliphatic rings. The van der Waals surface area contributed by atoms with Gasteiger partial charge in [0.2, 0.25) is 0 Å². The summed E-state index contributed by atoms with van der Waals surface area (Å²) in [5.41, 5.74) is 3.37.